The van der Waals surface area contributed by atoms with Gasteiger partial charge in [0.05, 0.1) is 13.5 Å². The van der Waals surface area contributed by atoms with Gasteiger partial charge in [0, 0.05) is 13.5 Å². The summed E-state index contributed by atoms with van der Waals surface area (Å²) in [6, 6.07) is 8.46. The van der Waals surface area contributed by atoms with Crippen LogP contribution in [0, 0.1) is 0 Å². The van der Waals surface area contributed by atoms with E-state index in [9.17, 15) is 34.5 Å². The number of ether oxygens (including phenoxy) is 1. The average Bonchev–Trinajstić information content (AvgIpc) is 2.69. The molecule has 0 fully saturated rings. The summed E-state index contributed by atoms with van der Waals surface area (Å²) >= 11 is 0. The number of methoxy groups -OCH3 is 1. The lowest BCUT2D eigenvalue weighted by Crippen LogP contribution is -2.63. The highest BCUT2D eigenvalue weighted by molar-refractivity contribution is 5.94. The number of aliphatic carboxylic acids is 3. The SMILES string of the molecule is COc1ccc2cccc(CCN(C(C)=O)C(C(=O)O)C(O)(CC(=O)O)C(=O)O)c2c1. The molecule has 10 heteroatoms. The fourth-order valence-corrected chi connectivity index (χ4v) is 3.49. The topological polar surface area (TPSA) is 162 Å². The third kappa shape index (κ3) is 5.10. The fraction of sp³-hybridized carbons (Fsp3) is 0.333. The van der Waals surface area contributed by atoms with E-state index in [0.717, 1.165) is 23.3 Å². The molecule has 166 valence electrons. The van der Waals surface area contributed by atoms with E-state index in [0.29, 0.717) is 10.6 Å². The normalized spacial score (nSPS) is 13.8. The van der Waals surface area contributed by atoms with Crippen LogP contribution in [-0.2, 0) is 25.6 Å². The van der Waals surface area contributed by atoms with Gasteiger partial charge in [-0.15, -0.1) is 0 Å². The van der Waals surface area contributed by atoms with Crippen molar-refractivity contribution >= 4 is 34.6 Å². The molecule has 10 nitrogen and oxygen atoms in total. The van der Waals surface area contributed by atoms with Crippen LogP contribution < -0.4 is 4.74 Å². The van der Waals surface area contributed by atoms with Crippen molar-refractivity contribution in [3.05, 3.63) is 42.0 Å². The molecule has 0 aliphatic rings. The van der Waals surface area contributed by atoms with Crippen molar-refractivity contribution in [1.82, 2.24) is 4.90 Å². The highest BCUT2D eigenvalue weighted by Crippen LogP contribution is 2.26. The molecule has 0 saturated heterocycles. The second-order valence-corrected chi connectivity index (χ2v) is 7.01. The number of carboxylic acids is 3. The predicted octanol–water partition coefficient (Wildman–Crippen LogP) is 0.983. The summed E-state index contributed by atoms with van der Waals surface area (Å²) in [6.45, 7) is 0.753. The zero-order valence-electron chi connectivity index (χ0n) is 16.9. The zero-order valence-corrected chi connectivity index (χ0v) is 16.9. The summed E-state index contributed by atoms with van der Waals surface area (Å²) in [5.41, 5.74) is -2.49. The van der Waals surface area contributed by atoms with Crippen molar-refractivity contribution in [3.63, 3.8) is 0 Å². The van der Waals surface area contributed by atoms with Gasteiger partial charge in [0.1, 0.15) is 5.75 Å². The van der Waals surface area contributed by atoms with Gasteiger partial charge in [-0.25, -0.2) is 9.59 Å². The monoisotopic (exact) mass is 433 g/mol. The van der Waals surface area contributed by atoms with E-state index >= 15 is 0 Å². The fourth-order valence-electron chi connectivity index (χ4n) is 3.49. The molecule has 2 aromatic rings. The Balaban J connectivity index is 2.44. The number of amides is 1. The number of aliphatic hydroxyl groups is 1. The number of hydrogen-bond acceptors (Lipinski definition) is 6. The van der Waals surface area contributed by atoms with E-state index in [2.05, 4.69) is 0 Å². The lowest BCUT2D eigenvalue weighted by Gasteiger charge is -2.36. The van der Waals surface area contributed by atoms with Gasteiger partial charge in [-0.1, -0.05) is 24.3 Å². The summed E-state index contributed by atoms with van der Waals surface area (Å²) in [7, 11) is 1.51. The summed E-state index contributed by atoms with van der Waals surface area (Å²) in [6.07, 6.45) is -1.27. The average molecular weight is 433 g/mol. The molecule has 0 aromatic heterocycles. The minimum absolute atomic E-state index is 0.122. The van der Waals surface area contributed by atoms with Crippen LogP contribution in [0.1, 0.15) is 18.9 Å². The molecule has 0 heterocycles. The van der Waals surface area contributed by atoms with Gasteiger partial charge >= 0.3 is 17.9 Å². The first kappa shape index (κ1) is 23.6. The number of rotatable bonds is 10. The molecular formula is C21H23NO9. The summed E-state index contributed by atoms with van der Waals surface area (Å²) in [5, 5.41) is 40.1. The largest absolute Gasteiger partial charge is 0.497 e. The van der Waals surface area contributed by atoms with Gasteiger partial charge in [-0.2, -0.15) is 0 Å². The molecule has 2 rings (SSSR count). The Bertz CT molecular complexity index is 1020. The smallest absolute Gasteiger partial charge is 0.339 e. The van der Waals surface area contributed by atoms with E-state index < -0.39 is 41.9 Å². The lowest BCUT2D eigenvalue weighted by molar-refractivity contribution is -0.183. The first-order valence-electron chi connectivity index (χ1n) is 9.24. The summed E-state index contributed by atoms with van der Waals surface area (Å²) < 4.78 is 5.22. The highest BCUT2D eigenvalue weighted by Gasteiger charge is 2.53. The van der Waals surface area contributed by atoms with Crippen LogP contribution in [0.2, 0.25) is 0 Å². The number of fused-ring (bicyclic) bond motifs is 1. The molecule has 0 saturated carbocycles. The molecule has 0 spiro atoms. The number of benzene rings is 2. The maximum Gasteiger partial charge on any atom is 0.339 e. The minimum atomic E-state index is -3.22. The lowest BCUT2D eigenvalue weighted by atomic mass is 9.88. The second kappa shape index (κ2) is 9.43. The van der Waals surface area contributed by atoms with Crippen molar-refractivity contribution < 1.29 is 44.3 Å². The first-order chi connectivity index (χ1) is 14.5. The molecule has 2 atom stereocenters. The molecule has 0 aliphatic carbocycles. The molecule has 4 N–H and O–H groups in total. The molecule has 1 amide bonds. The van der Waals surface area contributed by atoms with Crippen LogP contribution >= 0.6 is 0 Å². The Labute approximate surface area is 177 Å². The summed E-state index contributed by atoms with van der Waals surface area (Å²) in [5.74, 6) is -5.84. The van der Waals surface area contributed by atoms with Gasteiger partial charge in [0.15, 0.2) is 6.04 Å². The standard InChI is InChI=1S/C21H23NO9/c1-12(23)22(18(19(26)27)21(30,20(28)29)11-17(24)25)9-8-14-5-3-4-13-6-7-15(31-2)10-16(13)14/h3-7,10,18,30H,8-9,11H2,1-2H3,(H,24,25)(H,26,27)(H,28,29). The quantitative estimate of drug-likeness (QED) is 0.428. The zero-order chi connectivity index (χ0) is 23.3. The maximum atomic E-state index is 12.2. The molecule has 2 aromatic carbocycles. The van der Waals surface area contributed by atoms with E-state index in [4.69, 9.17) is 9.84 Å². The van der Waals surface area contributed by atoms with E-state index in [-0.39, 0.29) is 13.0 Å². The van der Waals surface area contributed by atoms with Gasteiger partial charge in [-0.3, -0.25) is 9.59 Å². The van der Waals surface area contributed by atoms with Crippen LogP contribution in [0.5, 0.6) is 5.75 Å². The Kier molecular flexibility index (Phi) is 7.19. The van der Waals surface area contributed by atoms with Crippen molar-refractivity contribution in [1.29, 1.82) is 0 Å². The van der Waals surface area contributed by atoms with Crippen molar-refractivity contribution in [2.75, 3.05) is 13.7 Å². The van der Waals surface area contributed by atoms with Crippen LogP contribution in [0.4, 0.5) is 0 Å². The number of nitrogens with zero attached hydrogens (tertiary/aromatic N) is 1. The molecular weight excluding hydrogens is 410 g/mol. The Morgan fingerprint density at radius 1 is 1.10 bits per heavy atom. The maximum absolute atomic E-state index is 12.2. The van der Waals surface area contributed by atoms with Gasteiger partial charge in [-0.05, 0) is 34.9 Å². The van der Waals surface area contributed by atoms with Gasteiger partial charge in [0.25, 0.3) is 0 Å². The number of carboxylic acid groups (broad SMARTS) is 3. The highest BCUT2D eigenvalue weighted by atomic mass is 16.5. The Hall–Kier alpha value is -3.66. The Morgan fingerprint density at radius 3 is 2.29 bits per heavy atom. The molecule has 0 aliphatic heterocycles. The van der Waals surface area contributed by atoms with Crippen molar-refractivity contribution in [2.24, 2.45) is 0 Å². The van der Waals surface area contributed by atoms with E-state index in [1.807, 2.05) is 12.1 Å². The third-order valence-electron chi connectivity index (χ3n) is 5.00. The molecule has 0 radical (unpaired) electrons. The minimum Gasteiger partial charge on any atom is -0.497 e. The van der Waals surface area contributed by atoms with Crippen LogP contribution in [0.15, 0.2) is 36.4 Å². The van der Waals surface area contributed by atoms with Gasteiger partial charge < -0.3 is 30.1 Å². The van der Waals surface area contributed by atoms with E-state index in [1.54, 1.807) is 24.3 Å². The van der Waals surface area contributed by atoms with Crippen LogP contribution in [0.25, 0.3) is 10.8 Å². The molecule has 31 heavy (non-hydrogen) atoms. The summed E-state index contributed by atoms with van der Waals surface area (Å²) in [4.78, 5) is 47.5. The number of hydrogen-bond donors (Lipinski definition) is 4. The van der Waals surface area contributed by atoms with Crippen LogP contribution in [0.3, 0.4) is 0 Å². The molecule has 2 unspecified atom stereocenters. The van der Waals surface area contributed by atoms with Crippen LogP contribution in [-0.4, -0.2) is 74.4 Å². The number of carbonyl (C=O) groups excluding carboxylic acids is 1. The van der Waals surface area contributed by atoms with Crippen molar-refractivity contribution in [3.8, 4) is 5.75 Å². The Morgan fingerprint density at radius 2 is 1.77 bits per heavy atom. The van der Waals surface area contributed by atoms with E-state index in [1.165, 1.54) is 7.11 Å². The predicted molar refractivity (Wildman–Crippen MR) is 108 cm³/mol. The second-order valence-electron chi connectivity index (χ2n) is 7.01. The molecule has 0 bridgehead atoms. The first-order valence-corrected chi connectivity index (χ1v) is 9.24. The van der Waals surface area contributed by atoms with Crippen molar-refractivity contribution in [2.45, 2.75) is 31.4 Å². The number of carbonyl (C=O) groups is 4. The third-order valence-corrected chi connectivity index (χ3v) is 5.00. The van der Waals surface area contributed by atoms with Gasteiger partial charge in [0.2, 0.25) is 11.5 Å².